The molecule has 0 spiro atoms. The van der Waals surface area contributed by atoms with Gasteiger partial charge in [0.15, 0.2) is 0 Å². The summed E-state index contributed by atoms with van der Waals surface area (Å²) in [6.07, 6.45) is 9.20. The molecule has 0 radical (unpaired) electrons. The van der Waals surface area contributed by atoms with Gasteiger partial charge in [-0.25, -0.2) is 0 Å². The molecule has 0 aromatic heterocycles. The zero-order chi connectivity index (χ0) is 34.7. The molecule has 0 saturated heterocycles. The van der Waals surface area contributed by atoms with E-state index in [0.717, 1.165) is 0 Å². The molecular formula is C47H56Zr. The summed E-state index contributed by atoms with van der Waals surface area (Å²) < 4.78 is 3.99. The van der Waals surface area contributed by atoms with E-state index in [4.69, 9.17) is 0 Å². The van der Waals surface area contributed by atoms with E-state index in [-0.39, 0.29) is 5.41 Å². The second-order valence-corrected chi connectivity index (χ2v) is 23.5. The minimum absolute atomic E-state index is 0.162. The summed E-state index contributed by atoms with van der Waals surface area (Å²) in [6.45, 7) is 28.1. The monoisotopic (exact) mass is 710 g/mol. The van der Waals surface area contributed by atoms with Gasteiger partial charge in [0.1, 0.15) is 0 Å². The summed E-state index contributed by atoms with van der Waals surface area (Å²) in [5.41, 5.74) is 21.5. The quantitative estimate of drug-likeness (QED) is 0.179. The Balaban J connectivity index is 1.61. The predicted molar refractivity (Wildman–Crippen MR) is 208 cm³/mol. The number of hydrogen-bond acceptors (Lipinski definition) is 0. The molecule has 4 aromatic rings. The first kappa shape index (κ1) is 35.0. The molecule has 1 atom stereocenters. The number of fused-ring (bicyclic) bond motifs is 3. The third-order valence-electron chi connectivity index (χ3n) is 10.9. The molecule has 6 rings (SSSR count). The average molecular weight is 712 g/mol. The van der Waals surface area contributed by atoms with Gasteiger partial charge in [0, 0.05) is 0 Å². The average Bonchev–Trinajstić information content (AvgIpc) is 3.55. The fourth-order valence-electron chi connectivity index (χ4n) is 8.93. The number of aryl methyl sites for hydroxylation is 6. The first-order valence-electron chi connectivity index (χ1n) is 18.3. The molecule has 48 heavy (non-hydrogen) atoms. The topological polar surface area (TPSA) is 0 Å². The number of benzene rings is 4. The first-order valence-corrected chi connectivity index (χ1v) is 22.1. The van der Waals surface area contributed by atoms with E-state index in [0.29, 0.717) is 9.54 Å². The Bertz CT molecular complexity index is 1860. The van der Waals surface area contributed by atoms with E-state index >= 15 is 0 Å². The molecule has 0 N–H and O–H groups in total. The number of unbranched alkanes of at least 4 members (excludes halogenated alkanes) is 1. The molecular weight excluding hydrogens is 656 g/mol. The van der Waals surface area contributed by atoms with Gasteiger partial charge in [0.05, 0.1) is 0 Å². The van der Waals surface area contributed by atoms with Crippen LogP contribution in [-0.2, 0) is 21.3 Å². The van der Waals surface area contributed by atoms with Crippen LogP contribution in [0.5, 0.6) is 0 Å². The van der Waals surface area contributed by atoms with Crippen molar-refractivity contribution in [3.05, 3.63) is 126 Å². The van der Waals surface area contributed by atoms with Crippen LogP contribution in [0.1, 0.15) is 109 Å². The Morgan fingerprint density at radius 1 is 0.667 bits per heavy atom. The van der Waals surface area contributed by atoms with Crippen molar-refractivity contribution in [3.8, 4) is 33.4 Å². The van der Waals surface area contributed by atoms with Crippen LogP contribution in [0.3, 0.4) is 0 Å². The number of allylic oxidation sites excluding steroid dienone is 4. The Morgan fingerprint density at radius 2 is 1.12 bits per heavy atom. The van der Waals surface area contributed by atoms with Crippen molar-refractivity contribution in [3.63, 3.8) is 0 Å². The van der Waals surface area contributed by atoms with Crippen molar-refractivity contribution in [2.45, 2.75) is 106 Å². The maximum absolute atomic E-state index is 2.70. The molecule has 2 aliphatic rings. The summed E-state index contributed by atoms with van der Waals surface area (Å²) in [5, 5.41) is 0. The van der Waals surface area contributed by atoms with E-state index in [1.807, 2.05) is 3.28 Å². The van der Waals surface area contributed by atoms with E-state index in [9.17, 15) is 0 Å². The van der Waals surface area contributed by atoms with E-state index in [2.05, 4.69) is 156 Å². The number of rotatable bonds is 7. The van der Waals surface area contributed by atoms with Gasteiger partial charge in [-0.2, -0.15) is 0 Å². The third-order valence-corrected chi connectivity index (χ3v) is 19.3. The zero-order valence-electron chi connectivity index (χ0n) is 31.7. The van der Waals surface area contributed by atoms with Crippen LogP contribution in [-0.4, -0.2) is 3.21 Å². The van der Waals surface area contributed by atoms with Gasteiger partial charge >= 0.3 is 301 Å². The molecule has 0 amide bonds. The van der Waals surface area contributed by atoms with Gasteiger partial charge in [0.25, 0.3) is 0 Å². The van der Waals surface area contributed by atoms with Gasteiger partial charge in [-0.15, -0.1) is 0 Å². The molecule has 2 aliphatic carbocycles. The molecule has 0 bridgehead atoms. The second kappa shape index (κ2) is 13.4. The van der Waals surface area contributed by atoms with E-state index in [1.165, 1.54) is 86.0 Å². The Morgan fingerprint density at radius 3 is 1.52 bits per heavy atom. The Hall–Kier alpha value is -2.89. The third kappa shape index (κ3) is 6.42. The van der Waals surface area contributed by atoms with Crippen LogP contribution in [0.2, 0.25) is 0 Å². The standard InChI is InChI=1S/C31H29.C13H21.C3H6.Zr/c1-18-11-20(3)30(21(4)12-18)24-7-9-28-26(15-24)17-27-16-25(8-10-29(27)28)31-22(5)13-19(2)14-23(31)6;1-5-6-7-11-8-9-12(10-11)13(2,3)4;1-3-2;/h7-17H,1-6H3;9-11H,5-7H2,1-4H3;1-2H3;. The van der Waals surface area contributed by atoms with Crippen molar-refractivity contribution in [1.29, 1.82) is 0 Å². The summed E-state index contributed by atoms with van der Waals surface area (Å²) >= 11 is -2.49. The van der Waals surface area contributed by atoms with E-state index in [1.54, 1.807) is 19.9 Å². The molecule has 0 heterocycles. The Labute approximate surface area is 299 Å². The first-order chi connectivity index (χ1) is 22.7. The minimum atomic E-state index is -2.49. The van der Waals surface area contributed by atoms with Gasteiger partial charge in [-0.05, 0) is 0 Å². The molecule has 0 nitrogen and oxygen atoms in total. The SMILES string of the molecule is CCCCC1C=C(C(C)(C)C)C=[C]1[Zr](=[C](C)C)[CH]1c2cc(-c3c(C)cc(C)cc3C)ccc2-c2ccc(-c3c(C)cc(C)cc3C)cc21. The van der Waals surface area contributed by atoms with Crippen molar-refractivity contribution >= 4 is 3.21 Å². The molecule has 1 unspecified atom stereocenters. The summed E-state index contributed by atoms with van der Waals surface area (Å²) in [5.74, 6) is 0.575. The molecule has 0 saturated carbocycles. The maximum atomic E-state index is 2.70. The van der Waals surface area contributed by atoms with E-state index < -0.39 is 21.3 Å². The van der Waals surface area contributed by atoms with Crippen LogP contribution >= 0.6 is 0 Å². The Kier molecular flexibility index (Phi) is 9.79. The van der Waals surface area contributed by atoms with Gasteiger partial charge < -0.3 is 0 Å². The molecule has 0 fully saturated rings. The second-order valence-electron chi connectivity index (χ2n) is 16.2. The fourth-order valence-corrected chi connectivity index (χ4v) is 17.6. The van der Waals surface area contributed by atoms with Crippen LogP contribution in [0.15, 0.2) is 81.7 Å². The van der Waals surface area contributed by atoms with Gasteiger partial charge in [0.2, 0.25) is 0 Å². The zero-order valence-corrected chi connectivity index (χ0v) is 34.2. The van der Waals surface area contributed by atoms with Crippen LogP contribution in [0.25, 0.3) is 33.4 Å². The molecule has 4 aromatic carbocycles. The van der Waals surface area contributed by atoms with Crippen LogP contribution in [0, 0.1) is 52.9 Å². The molecule has 248 valence electrons. The predicted octanol–water partition coefficient (Wildman–Crippen LogP) is 13.4. The fraction of sp³-hybridized carbons (Fsp3) is 0.383. The van der Waals surface area contributed by atoms with Crippen LogP contribution < -0.4 is 0 Å². The number of hydrogen-bond donors (Lipinski definition) is 0. The summed E-state index contributed by atoms with van der Waals surface area (Å²) in [6, 6.07) is 24.4. The summed E-state index contributed by atoms with van der Waals surface area (Å²) in [7, 11) is 0. The summed E-state index contributed by atoms with van der Waals surface area (Å²) in [4.78, 5) is 0. The van der Waals surface area contributed by atoms with Crippen molar-refractivity contribution in [2.24, 2.45) is 11.3 Å². The van der Waals surface area contributed by atoms with Gasteiger partial charge in [-0.1, -0.05) is 0 Å². The van der Waals surface area contributed by atoms with Gasteiger partial charge in [-0.3, -0.25) is 0 Å². The van der Waals surface area contributed by atoms with Crippen molar-refractivity contribution in [1.82, 2.24) is 0 Å². The molecule has 1 heteroatoms. The van der Waals surface area contributed by atoms with Crippen molar-refractivity contribution in [2.75, 3.05) is 0 Å². The van der Waals surface area contributed by atoms with Crippen molar-refractivity contribution < 1.29 is 21.3 Å². The molecule has 0 aliphatic heterocycles. The van der Waals surface area contributed by atoms with Crippen LogP contribution in [0.4, 0.5) is 0 Å². The normalized spacial score (nSPS) is 15.7.